The quantitative estimate of drug-likeness (QED) is 0.859. The summed E-state index contributed by atoms with van der Waals surface area (Å²) in [6.07, 6.45) is 0. The lowest BCUT2D eigenvalue weighted by Crippen LogP contribution is -2.88. The summed E-state index contributed by atoms with van der Waals surface area (Å²) in [5.74, 6) is -6.31. The van der Waals surface area contributed by atoms with Crippen molar-refractivity contribution >= 4 is 5.97 Å². The largest absolute Gasteiger partial charge is 0.544 e. The highest BCUT2D eigenvalue weighted by Crippen LogP contribution is 2.27. The van der Waals surface area contributed by atoms with Gasteiger partial charge in [-0.1, -0.05) is 60.7 Å². The van der Waals surface area contributed by atoms with E-state index in [9.17, 15) is 18.7 Å². The third-order valence-electron chi connectivity index (χ3n) is 3.25. The number of halogens is 2. The van der Waals surface area contributed by atoms with Crippen LogP contribution in [0.1, 0.15) is 17.2 Å². The number of carbonyl (C=O) groups excluding carboxylic acids is 1. The fourth-order valence-electron chi connectivity index (χ4n) is 2.15. The van der Waals surface area contributed by atoms with Gasteiger partial charge in [-0.3, -0.25) is 0 Å². The fraction of sp³-hybridized carbons (Fsp3) is 0.188. The van der Waals surface area contributed by atoms with Crippen LogP contribution in [-0.4, -0.2) is 11.9 Å². The van der Waals surface area contributed by atoms with Crippen molar-refractivity contribution in [2.75, 3.05) is 0 Å². The summed E-state index contributed by atoms with van der Waals surface area (Å²) < 4.78 is 27.8. The van der Waals surface area contributed by atoms with Crippen molar-refractivity contribution in [1.29, 1.82) is 0 Å². The molecule has 0 heterocycles. The van der Waals surface area contributed by atoms with E-state index in [4.69, 9.17) is 0 Å². The minimum atomic E-state index is -3.95. The number of nitrogens with two attached hydrogens (primary N) is 1. The maximum absolute atomic E-state index is 13.9. The molecule has 0 aliphatic carbocycles. The standard InChI is InChI=1S/C16H15F2NO2/c17-16(18,15(20)21)14(13-9-5-2-6-10-13)19-11-12-7-3-1-4-8-12/h1-10,14,19H,11H2,(H,20,21)/t14-/m0/s1. The average Bonchev–Trinajstić information content (AvgIpc) is 2.49. The summed E-state index contributed by atoms with van der Waals surface area (Å²) in [5, 5.41) is 12.1. The van der Waals surface area contributed by atoms with Crippen molar-refractivity contribution in [2.24, 2.45) is 0 Å². The van der Waals surface area contributed by atoms with Crippen molar-refractivity contribution in [3.8, 4) is 0 Å². The Morgan fingerprint density at radius 1 is 1.05 bits per heavy atom. The number of carbonyl (C=O) groups is 1. The van der Waals surface area contributed by atoms with E-state index < -0.39 is 17.9 Å². The molecule has 0 unspecified atom stereocenters. The first-order valence-electron chi connectivity index (χ1n) is 6.53. The molecule has 0 aliphatic rings. The summed E-state index contributed by atoms with van der Waals surface area (Å²) in [6.45, 7) is 0.253. The molecule has 0 radical (unpaired) electrons. The maximum Gasteiger partial charge on any atom is 0.341 e. The number of carboxylic acid groups (broad SMARTS) is 1. The molecule has 0 amide bonds. The normalized spacial score (nSPS) is 12.9. The second-order valence-electron chi connectivity index (χ2n) is 4.72. The molecule has 2 aromatic rings. The Kier molecular flexibility index (Phi) is 4.65. The number of hydrogen-bond donors (Lipinski definition) is 1. The van der Waals surface area contributed by atoms with Gasteiger partial charge in [0.2, 0.25) is 0 Å². The lowest BCUT2D eigenvalue weighted by Gasteiger charge is -2.26. The molecule has 110 valence electrons. The molecule has 0 fully saturated rings. The molecule has 21 heavy (non-hydrogen) atoms. The molecule has 2 rings (SSSR count). The van der Waals surface area contributed by atoms with Crippen molar-refractivity contribution in [3.05, 3.63) is 71.8 Å². The Morgan fingerprint density at radius 2 is 1.57 bits per heavy atom. The second-order valence-corrected chi connectivity index (χ2v) is 4.72. The minimum absolute atomic E-state index is 0.252. The van der Waals surface area contributed by atoms with Gasteiger partial charge in [0.05, 0.1) is 0 Å². The Labute approximate surface area is 121 Å². The zero-order valence-corrected chi connectivity index (χ0v) is 11.2. The zero-order chi connectivity index (χ0) is 15.3. The van der Waals surface area contributed by atoms with E-state index in [1.807, 2.05) is 6.07 Å². The van der Waals surface area contributed by atoms with Crippen LogP contribution in [0.4, 0.5) is 8.78 Å². The van der Waals surface area contributed by atoms with Crippen LogP contribution in [0.5, 0.6) is 0 Å². The number of aliphatic carboxylic acids is 1. The van der Waals surface area contributed by atoms with E-state index in [2.05, 4.69) is 0 Å². The molecule has 0 spiro atoms. The SMILES string of the molecule is O=C([O-])C(F)(F)[C@@H]([NH2+]Cc1ccccc1)c1ccccc1. The first-order chi connectivity index (χ1) is 10.0. The van der Waals surface area contributed by atoms with Gasteiger partial charge in [0.1, 0.15) is 12.5 Å². The molecule has 1 atom stereocenters. The fourth-order valence-corrected chi connectivity index (χ4v) is 2.15. The highest BCUT2D eigenvalue weighted by molar-refractivity contribution is 5.74. The monoisotopic (exact) mass is 291 g/mol. The van der Waals surface area contributed by atoms with Crippen molar-refractivity contribution in [3.63, 3.8) is 0 Å². The maximum atomic E-state index is 13.9. The predicted molar refractivity (Wildman–Crippen MR) is 71.2 cm³/mol. The zero-order valence-electron chi connectivity index (χ0n) is 11.2. The first kappa shape index (κ1) is 15.1. The summed E-state index contributed by atoms with van der Waals surface area (Å²) >= 11 is 0. The Bertz CT molecular complexity index is 588. The molecular weight excluding hydrogens is 276 g/mol. The van der Waals surface area contributed by atoms with Crippen LogP contribution in [0.15, 0.2) is 60.7 Å². The molecule has 2 aromatic carbocycles. The van der Waals surface area contributed by atoms with E-state index in [1.165, 1.54) is 17.4 Å². The van der Waals surface area contributed by atoms with E-state index >= 15 is 0 Å². The van der Waals surface area contributed by atoms with Crippen LogP contribution in [0.2, 0.25) is 0 Å². The van der Waals surface area contributed by atoms with Crippen LogP contribution in [0.3, 0.4) is 0 Å². The van der Waals surface area contributed by atoms with Gasteiger partial charge in [0.25, 0.3) is 0 Å². The smallest absolute Gasteiger partial charge is 0.341 e. The molecule has 0 aromatic heterocycles. The third-order valence-corrected chi connectivity index (χ3v) is 3.25. The summed E-state index contributed by atoms with van der Waals surface area (Å²) in [7, 11) is 0. The third kappa shape index (κ3) is 3.64. The van der Waals surface area contributed by atoms with Gasteiger partial charge in [-0.15, -0.1) is 0 Å². The topological polar surface area (TPSA) is 56.7 Å². The van der Waals surface area contributed by atoms with Crippen molar-refractivity contribution in [1.82, 2.24) is 0 Å². The van der Waals surface area contributed by atoms with Crippen LogP contribution in [-0.2, 0) is 11.3 Å². The molecule has 5 heteroatoms. The molecular formula is C16H15F2NO2. The van der Waals surface area contributed by atoms with E-state index in [-0.39, 0.29) is 12.1 Å². The number of alkyl halides is 2. The Hall–Kier alpha value is -2.27. The lowest BCUT2D eigenvalue weighted by atomic mass is 10.00. The molecule has 0 aliphatic heterocycles. The van der Waals surface area contributed by atoms with E-state index in [0.29, 0.717) is 0 Å². The Balaban J connectivity index is 2.23. The van der Waals surface area contributed by atoms with Gasteiger partial charge < -0.3 is 15.2 Å². The number of hydrogen-bond acceptors (Lipinski definition) is 2. The summed E-state index contributed by atoms with van der Waals surface area (Å²) in [5.41, 5.74) is 1.09. The molecule has 0 bridgehead atoms. The van der Waals surface area contributed by atoms with Gasteiger partial charge in [-0.2, -0.15) is 8.78 Å². The minimum Gasteiger partial charge on any atom is -0.544 e. The van der Waals surface area contributed by atoms with E-state index in [0.717, 1.165) is 5.56 Å². The molecule has 2 N–H and O–H groups in total. The highest BCUT2D eigenvalue weighted by Gasteiger charge is 2.45. The van der Waals surface area contributed by atoms with Crippen LogP contribution in [0.25, 0.3) is 0 Å². The van der Waals surface area contributed by atoms with Gasteiger partial charge in [-0.05, 0) is 0 Å². The van der Waals surface area contributed by atoms with E-state index in [1.54, 1.807) is 42.5 Å². The van der Waals surface area contributed by atoms with Gasteiger partial charge in [0, 0.05) is 11.1 Å². The van der Waals surface area contributed by atoms with Crippen molar-refractivity contribution in [2.45, 2.75) is 18.5 Å². The average molecular weight is 291 g/mol. The number of rotatable bonds is 6. The predicted octanol–water partition coefficient (Wildman–Crippen LogP) is 0.877. The van der Waals surface area contributed by atoms with Crippen molar-refractivity contribution < 1.29 is 24.0 Å². The van der Waals surface area contributed by atoms with Gasteiger partial charge in [-0.25, -0.2) is 0 Å². The molecule has 0 saturated heterocycles. The molecule has 3 nitrogen and oxygen atoms in total. The van der Waals surface area contributed by atoms with Crippen LogP contribution >= 0.6 is 0 Å². The van der Waals surface area contributed by atoms with Gasteiger partial charge >= 0.3 is 5.92 Å². The summed E-state index contributed by atoms with van der Waals surface area (Å²) in [6, 6.07) is 15.4. The highest BCUT2D eigenvalue weighted by atomic mass is 19.3. The number of carboxylic acids is 1. The molecule has 0 saturated carbocycles. The summed E-state index contributed by atoms with van der Waals surface area (Å²) in [4.78, 5) is 10.8. The second kappa shape index (κ2) is 6.45. The van der Waals surface area contributed by atoms with Crippen LogP contribution < -0.4 is 10.4 Å². The lowest BCUT2D eigenvalue weighted by molar-refractivity contribution is -0.726. The Morgan fingerprint density at radius 3 is 2.10 bits per heavy atom. The van der Waals surface area contributed by atoms with Crippen LogP contribution in [0, 0.1) is 0 Å². The number of benzene rings is 2. The first-order valence-corrected chi connectivity index (χ1v) is 6.53. The van der Waals surface area contributed by atoms with Gasteiger partial charge in [0.15, 0.2) is 6.04 Å². The number of quaternary nitrogens is 1.